The number of para-hydroxylation sites is 1. The van der Waals surface area contributed by atoms with Crippen molar-refractivity contribution in [1.29, 1.82) is 5.26 Å². The number of hydrogen-bond acceptors (Lipinski definition) is 7. The van der Waals surface area contributed by atoms with Crippen LogP contribution in [0.5, 0.6) is 0 Å². The third-order valence-corrected chi connectivity index (χ3v) is 6.60. The van der Waals surface area contributed by atoms with Crippen LogP contribution < -0.4 is 10.6 Å². The van der Waals surface area contributed by atoms with Crippen molar-refractivity contribution in [2.75, 3.05) is 11.9 Å². The van der Waals surface area contributed by atoms with Crippen LogP contribution in [0.1, 0.15) is 56.3 Å². The van der Waals surface area contributed by atoms with Crippen LogP contribution in [0.4, 0.5) is 18.9 Å². The van der Waals surface area contributed by atoms with Gasteiger partial charge in [0.25, 0.3) is 17.6 Å². The molecular weight excluding hydrogens is 563 g/mol. The molecule has 15 heteroatoms. The minimum absolute atomic E-state index is 0.0302. The van der Waals surface area contributed by atoms with Crippen LogP contribution in [0, 0.1) is 24.2 Å². The molecule has 2 aromatic carbocycles. The Morgan fingerprint density at radius 3 is 2.56 bits per heavy atom. The average Bonchev–Trinajstić information content (AvgIpc) is 3.47. The standard InChI is InChI=1S/C26H21ClF3N9O2/c1-14-8-16(11-31)9-18(23(40)32-12-15-6-7-15)22(14)33-24(41)21-10-17(13-38-36-25(34-37-38)26(28,29)30)35-39(21)20-5-3-2-4-19(20)27/h2-5,8-10,15H,6-7,12-13H2,1H3,(H,32,40)(H,33,41). The lowest BCUT2D eigenvalue weighted by atomic mass is 10.0. The summed E-state index contributed by atoms with van der Waals surface area (Å²) in [5, 5.41) is 29.4. The van der Waals surface area contributed by atoms with Gasteiger partial charge in [-0.3, -0.25) is 9.59 Å². The number of amides is 2. The van der Waals surface area contributed by atoms with E-state index in [9.17, 15) is 28.0 Å². The summed E-state index contributed by atoms with van der Waals surface area (Å²) >= 11 is 6.37. The van der Waals surface area contributed by atoms with Gasteiger partial charge in [-0.05, 0) is 66.8 Å². The van der Waals surface area contributed by atoms with Gasteiger partial charge in [-0.15, -0.1) is 10.2 Å². The summed E-state index contributed by atoms with van der Waals surface area (Å²) in [4.78, 5) is 27.4. The summed E-state index contributed by atoms with van der Waals surface area (Å²) in [6.07, 6.45) is -2.73. The number of aryl methyl sites for hydroxylation is 1. The van der Waals surface area contributed by atoms with Crippen LogP contribution in [0.3, 0.4) is 0 Å². The number of nitrogens with zero attached hydrogens (tertiary/aromatic N) is 7. The second-order valence-electron chi connectivity index (χ2n) is 9.46. The molecule has 2 amide bonds. The molecule has 0 unspecified atom stereocenters. The summed E-state index contributed by atoms with van der Waals surface area (Å²) in [5.41, 5.74) is 1.47. The first-order valence-corrected chi connectivity index (χ1v) is 12.7. The Hall–Kier alpha value is -4.77. The summed E-state index contributed by atoms with van der Waals surface area (Å²) < 4.78 is 40.0. The van der Waals surface area contributed by atoms with Crippen molar-refractivity contribution in [3.05, 3.63) is 81.4 Å². The number of nitriles is 1. The lowest BCUT2D eigenvalue weighted by molar-refractivity contribution is -0.145. The van der Waals surface area contributed by atoms with Crippen molar-refractivity contribution in [3.8, 4) is 11.8 Å². The molecule has 210 valence electrons. The van der Waals surface area contributed by atoms with Gasteiger partial charge in [0.1, 0.15) is 12.2 Å². The smallest absolute Gasteiger partial charge is 0.352 e. The predicted octanol–water partition coefficient (Wildman–Crippen LogP) is 4.15. The van der Waals surface area contributed by atoms with Crippen molar-refractivity contribution in [1.82, 2.24) is 35.3 Å². The number of tetrazole rings is 1. The zero-order valence-corrected chi connectivity index (χ0v) is 22.2. The Morgan fingerprint density at radius 2 is 1.90 bits per heavy atom. The fourth-order valence-corrected chi connectivity index (χ4v) is 4.29. The molecule has 2 aromatic heterocycles. The van der Waals surface area contributed by atoms with E-state index in [0.29, 0.717) is 28.5 Å². The van der Waals surface area contributed by atoms with Gasteiger partial charge in [-0.2, -0.15) is 28.3 Å². The molecule has 5 rings (SSSR count). The summed E-state index contributed by atoms with van der Waals surface area (Å²) in [5.74, 6) is -2.13. The molecule has 0 bridgehead atoms. The van der Waals surface area contributed by atoms with Crippen LogP contribution in [0.25, 0.3) is 5.69 Å². The quantitative estimate of drug-likeness (QED) is 0.317. The van der Waals surface area contributed by atoms with E-state index in [1.54, 1.807) is 37.3 Å². The van der Waals surface area contributed by atoms with Crippen LogP contribution >= 0.6 is 11.6 Å². The number of aromatic nitrogens is 6. The zero-order chi connectivity index (χ0) is 29.3. The van der Waals surface area contributed by atoms with E-state index in [0.717, 1.165) is 12.8 Å². The lowest BCUT2D eigenvalue weighted by Gasteiger charge is -2.15. The number of alkyl halides is 3. The Labute approximate surface area is 235 Å². The number of hydrogen-bond donors (Lipinski definition) is 2. The van der Waals surface area contributed by atoms with Crippen molar-refractivity contribution in [2.45, 2.75) is 32.5 Å². The largest absolute Gasteiger partial charge is 0.455 e. The van der Waals surface area contributed by atoms with Gasteiger partial charge in [0.2, 0.25) is 0 Å². The normalized spacial score (nSPS) is 13.1. The van der Waals surface area contributed by atoms with Crippen molar-refractivity contribution in [2.24, 2.45) is 5.92 Å². The van der Waals surface area contributed by atoms with Gasteiger partial charge < -0.3 is 10.6 Å². The third kappa shape index (κ3) is 6.20. The maximum atomic E-state index is 13.7. The van der Waals surface area contributed by atoms with E-state index in [1.165, 1.54) is 16.8 Å². The molecule has 1 aliphatic rings. The first kappa shape index (κ1) is 27.8. The van der Waals surface area contributed by atoms with Crippen LogP contribution in [0.2, 0.25) is 5.02 Å². The van der Waals surface area contributed by atoms with Gasteiger partial charge >= 0.3 is 6.18 Å². The number of carbonyl (C=O) groups excluding carboxylic acids is 2. The summed E-state index contributed by atoms with van der Waals surface area (Å²) in [6.45, 7) is 1.81. The molecule has 0 saturated heterocycles. The molecule has 1 fully saturated rings. The molecule has 0 radical (unpaired) electrons. The van der Waals surface area contributed by atoms with Crippen molar-refractivity contribution in [3.63, 3.8) is 0 Å². The maximum absolute atomic E-state index is 13.7. The molecular formula is C26H21ClF3N9O2. The maximum Gasteiger partial charge on any atom is 0.455 e. The summed E-state index contributed by atoms with van der Waals surface area (Å²) in [6, 6.07) is 12.8. The van der Waals surface area contributed by atoms with E-state index in [4.69, 9.17) is 11.6 Å². The number of rotatable bonds is 8. The summed E-state index contributed by atoms with van der Waals surface area (Å²) in [7, 11) is 0. The molecule has 1 saturated carbocycles. The fourth-order valence-electron chi connectivity index (χ4n) is 4.07. The highest BCUT2D eigenvalue weighted by Gasteiger charge is 2.37. The SMILES string of the molecule is Cc1cc(C#N)cc(C(=O)NCC2CC2)c1NC(=O)c1cc(Cn2nnc(C(F)(F)F)n2)nn1-c1ccccc1Cl. The van der Waals surface area contributed by atoms with E-state index in [2.05, 4.69) is 31.1 Å². The zero-order valence-electron chi connectivity index (χ0n) is 21.4. The first-order chi connectivity index (χ1) is 19.5. The molecule has 41 heavy (non-hydrogen) atoms. The van der Waals surface area contributed by atoms with E-state index in [1.807, 2.05) is 6.07 Å². The van der Waals surface area contributed by atoms with E-state index in [-0.39, 0.29) is 39.8 Å². The molecule has 2 heterocycles. The number of anilines is 1. The molecule has 2 N–H and O–H groups in total. The fraction of sp³-hybridized carbons (Fsp3) is 0.269. The Kier molecular flexibility index (Phi) is 7.46. The Bertz CT molecular complexity index is 1690. The van der Waals surface area contributed by atoms with Crippen molar-refractivity contribution < 1.29 is 22.8 Å². The minimum atomic E-state index is -4.78. The Balaban J connectivity index is 1.50. The monoisotopic (exact) mass is 583 g/mol. The topological polar surface area (TPSA) is 143 Å². The van der Waals surface area contributed by atoms with E-state index >= 15 is 0 Å². The van der Waals surface area contributed by atoms with Gasteiger partial charge in [-0.1, -0.05) is 23.7 Å². The highest BCUT2D eigenvalue weighted by Crippen LogP contribution is 2.29. The first-order valence-electron chi connectivity index (χ1n) is 12.4. The van der Waals surface area contributed by atoms with Gasteiger partial charge in [0, 0.05) is 6.54 Å². The minimum Gasteiger partial charge on any atom is -0.352 e. The second kappa shape index (κ2) is 11.0. The van der Waals surface area contributed by atoms with E-state index < -0.39 is 23.8 Å². The Morgan fingerprint density at radius 1 is 1.15 bits per heavy atom. The molecule has 0 aliphatic heterocycles. The van der Waals surface area contributed by atoms with Gasteiger partial charge in [0.05, 0.1) is 39.3 Å². The molecule has 1 aliphatic carbocycles. The highest BCUT2D eigenvalue weighted by atomic mass is 35.5. The molecule has 0 atom stereocenters. The number of carbonyl (C=O) groups is 2. The third-order valence-electron chi connectivity index (χ3n) is 6.28. The molecule has 0 spiro atoms. The second-order valence-corrected chi connectivity index (χ2v) is 9.87. The number of halogens is 4. The average molecular weight is 584 g/mol. The van der Waals surface area contributed by atoms with Crippen molar-refractivity contribution >= 4 is 29.1 Å². The van der Waals surface area contributed by atoms with Crippen LogP contribution in [-0.4, -0.2) is 48.3 Å². The van der Waals surface area contributed by atoms with Crippen LogP contribution in [0.15, 0.2) is 42.5 Å². The predicted molar refractivity (Wildman–Crippen MR) is 139 cm³/mol. The highest BCUT2D eigenvalue weighted by molar-refractivity contribution is 6.32. The van der Waals surface area contributed by atoms with Crippen LogP contribution in [-0.2, 0) is 12.7 Å². The lowest BCUT2D eigenvalue weighted by Crippen LogP contribution is -2.28. The molecule has 4 aromatic rings. The number of nitrogens with one attached hydrogen (secondary N) is 2. The van der Waals surface area contributed by atoms with Gasteiger partial charge in [0.15, 0.2) is 0 Å². The molecule has 11 nitrogen and oxygen atoms in total. The van der Waals surface area contributed by atoms with Gasteiger partial charge in [-0.25, -0.2) is 4.68 Å². The number of benzene rings is 2.